The molecule has 2 aromatic rings. The molecule has 1 saturated heterocycles. The van der Waals surface area contributed by atoms with Crippen molar-refractivity contribution in [3.63, 3.8) is 0 Å². The molecule has 0 unspecified atom stereocenters. The molecule has 8 heteroatoms. The predicted molar refractivity (Wildman–Crippen MR) is 140 cm³/mol. The summed E-state index contributed by atoms with van der Waals surface area (Å²) in [6.07, 6.45) is 4.26. The van der Waals surface area contributed by atoms with Crippen LogP contribution in [0.25, 0.3) is 11.3 Å². The Balaban J connectivity index is 0.00000341. The lowest BCUT2D eigenvalue weighted by Crippen LogP contribution is -2.39. The molecule has 0 radical (unpaired) electrons. The van der Waals surface area contributed by atoms with Crippen LogP contribution in [0.4, 0.5) is 0 Å². The maximum absolute atomic E-state index is 4.85. The third kappa shape index (κ3) is 8.42. The van der Waals surface area contributed by atoms with Gasteiger partial charge in [0.15, 0.2) is 5.96 Å². The zero-order valence-electron chi connectivity index (χ0n) is 19.2. The highest BCUT2D eigenvalue weighted by Gasteiger charge is 2.12. The number of guanidine groups is 1. The summed E-state index contributed by atoms with van der Waals surface area (Å²) in [5, 5.41) is 3.41. The summed E-state index contributed by atoms with van der Waals surface area (Å²) < 4.78 is 0. The minimum Gasteiger partial charge on any atom is -0.357 e. The molecule has 0 aliphatic carbocycles. The summed E-state index contributed by atoms with van der Waals surface area (Å²) in [4.78, 5) is 20.0. The number of aliphatic imine (C=N–C) groups is 1. The molecule has 3 rings (SSSR count). The Hall–Kier alpha value is -1.65. The van der Waals surface area contributed by atoms with E-state index < -0.39 is 0 Å². The van der Waals surface area contributed by atoms with Crippen molar-refractivity contribution in [3.8, 4) is 11.3 Å². The fourth-order valence-electron chi connectivity index (χ4n) is 3.78. The quantitative estimate of drug-likeness (QED) is 0.234. The molecule has 2 N–H and O–H groups in total. The van der Waals surface area contributed by atoms with Crippen molar-refractivity contribution in [1.82, 2.24) is 30.0 Å². The van der Waals surface area contributed by atoms with Gasteiger partial charge in [0.25, 0.3) is 0 Å². The second-order valence-corrected chi connectivity index (χ2v) is 8.05. The third-order valence-corrected chi connectivity index (χ3v) is 5.50. The summed E-state index contributed by atoms with van der Waals surface area (Å²) in [6, 6.07) is 10.3. The van der Waals surface area contributed by atoms with Crippen molar-refractivity contribution < 1.29 is 0 Å². The van der Waals surface area contributed by atoms with E-state index in [9.17, 15) is 0 Å². The van der Waals surface area contributed by atoms with Gasteiger partial charge in [0.1, 0.15) is 5.82 Å². The zero-order chi connectivity index (χ0) is 21.2. The number of likely N-dealkylation sites (N-methyl/N-ethyl adjacent to an activating group) is 1. The van der Waals surface area contributed by atoms with Crippen molar-refractivity contribution in [2.75, 3.05) is 59.9 Å². The van der Waals surface area contributed by atoms with E-state index in [0.717, 1.165) is 49.1 Å². The van der Waals surface area contributed by atoms with E-state index >= 15 is 0 Å². The van der Waals surface area contributed by atoms with Gasteiger partial charge in [-0.25, -0.2) is 4.98 Å². The molecule has 1 aliphatic heterocycles. The third-order valence-electron chi connectivity index (χ3n) is 5.50. The van der Waals surface area contributed by atoms with Gasteiger partial charge in [0, 0.05) is 33.2 Å². The summed E-state index contributed by atoms with van der Waals surface area (Å²) in [6.45, 7) is 10.4. The van der Waals surface area contributed by atoms with E-state index in [4.69, 9.17) is 4.99 Å². The minimum atomic E-state index is 0. The first-order chi connectivity index (χ1) is 14.7. The van der Waals surface area contributed by atoms with Gasteiger partial charge in [-0.3, -0.25) is 4.99 Å². The van der Waals surface area contributed by atoms with Gasteiger partial charge >= 0.3 is 0 Å². The first-order valence-electron chi connectivity index (χ1n) is 11.2. The van der Waals surface area contributed by atoms with E-state index in [0.29, 0.717) is 6.54 Å². The average Bonchev–Trinajstić information content (AvgIpc) is 3.12. The van der Waals surface area contributed by atoms with Gasteiger partial charge in [-0.1, -0.05) is 30.3 Å². The number of aromatic amines is 1. The number of nitrogens with zero attached hydrogens (tertiary/aromatic N) is 5. The second-order valence-electron chi connectivity index (χ2n) is 8.05. The molecular formula is C23H38IN7. The van der Waals surface area contributed by atoms with Crippen LogP contribution >= 0.6 is 24.0 Å². The lowest BCUT2D eigenvalue weighted by atomic mass is 10.2. The van der Waals surface area contributed by atoms with E-state index in [1.807, 2.05) is 24.4 Å². The van der Waals surface area contributed by atoms with Crippen LogP contribution in [0.2, 0.25) is 0 Å². The Kier molecular flexibility index (Phi) is 11.3. The van der Waals surface area contributed by atoms with Gasteiger partial charge in [-0.2, -0.15) is 0 Å². The number of hydrogen-bond donors (Lipinski definition) is 2. The fraction of sp³-hybridized carbons (Fsp3) is 0.565. The molecule has 2 heterocycles. The number of imidazole rings is 1. The molecule has 31 heavy (non-hydrogen) atoms. The summed E-state index contributed by atoms with van der Waals surface area (Å²) in [5.74, 6) is 1.88. The molecule has 172 valence electrons. The van der Waals surface area contributed by atoms with Crippen LogP contribution < -0.4 is 5.32 Å². The maximum atomic E-state index is 4.85. The Labute approximate surface area is 204 Å². The van der Waals surface area contributed by atoms with Crippen LogP contribution in [0, 0.1) is 0 Å². The molecule has 1 fully saturated rings. The molecule has 1 aromatic carbocycles. The molecule has 0 spiro atoms. The standard InChI is InChI=1S/C23H37N7.HI/c1-4-24-23(25-12-8-14-30-15-9-13-28(2)16-17-30)29(3)19-22-26-18-21(27-22)20-10-6-5-7-11-20;/h5-7,10-11,18H,4,8-9,12-17,19H2,1-3H3,(H,24,25)(H,26,27);1H. The highest BCUT2D eigenvalue weighted by Crippen LogP contribution is 2.16. The summed E-state index contributed by atoms with van der Waals surface area (Å²) >= 11 is 0. The minimum absolute atomic E-state index is 0. The number of nitrogens with one attached hydrogen (secondary N) is 2. The monoisotopic (exact) mass is 539 g/mol. The van der Waals surface area contributed by atoms with Gasteiger partial charge in [0.2, 0.25) is 0 Å². The van der Waals surface area contributed by atoms with Crippen LogP contribution in [-0.4, -0.2) is 90.5 Å². The summed E-state index contributed by atoms with van der Waals surface area (Å²) in [5.41, 5.74) is 2.20. The van der Waals surface area contributed by atoms with E-state index in [2.05, 4.69) is 63.1 Å². The van der Waals surface area contributed by atoms with Gasteiger partial charge in [0.05, 0.1) is 18.4 Å². The van der Waals surface area contributed by atoms with Crippen molar-refractivity contribution >= 4 is 29.9 Å². The number of hydrogen-bond acceptors (Lipinski definition) is 4. The van der Waals surface area contributed by atoms with Crippen LogP contribution in [-0.2, 0) is 6.54 Å². The Bertz CT molecular complexity index is 777. The molecule has 1 aromatic heterocycles. The number of H-pyrrole nitrogens is 1. The molecule has 0 amide bonds. The van der Waals surface area contributed by atoms with E-state index in [-0.39, 0.29) is 24.0 Å². The van der Waals surface area contributed by atoms with Crippen molar-refractivity contribution in [2.24, 2.45) is 4.99 Å². The van der Waals surface area contributed by atoms with Crippen LogP contribution in [0.5, 0.6) is 0 Å². The molecule has 0 saturated carbocycles. The first-order valence-corrected chi connectivity index (χ1v) is 11.2. The first kappa shape index (κ1) is 25.6. The topological polar surface area (TPSA) is 62.8 Å². The highest BCUT2D eigenvalue weighted by molar-refractivity contribution is 14.0. The smallest absolute Gasteiger partial charge is 0.194 e. The van der Waals surface area contributed by atoms with Crippen molar-refractivity contribution in [2.45, 2.75) is 26.3 Å². The Morgan fingerprint density at radius 3 is 2.77 bits per heavy atom. The van der Waals surface area contributed by atoms with E-state index in [1.165, 1.54) is 32.6 Å². The van der Waals surface area contributed by atoms with E-state index in [1.54, 1.807) is 0 Å². The highest BCUT2D eigenvalue weighted by atomic mass is 127. The zero-order valence-corrected chi connectivity index (χ0v) is 21.5. The number of benzene rings is 1. The predicted octanol–water partition coefficient (Wildman–Crippen LogP) is 3.12. The molecule has 7 nitrogen and oxygen atoms in total. The fourth-order valence-corrected chi connectivity index (χ4v) is 3.78. The van der Waals surface area contributed by atoms with Gasteiger partial charge in [-0.15, -0.1) is 24.0 Å². The lowest BCUT2D eigenvalue weighted by molar-refractivity contribution is 0.275. The summed E-state index contributed by atoms with van der Waals surface area (Å²) in [7, 11) is 4.28. The second kappa shape index (κ2) is 13.7. The lowest BCUT2D eigenvalue weighted by Gasteiger charge is -2.22. The Morgan fingerprint density at radius 2 is 2.00 bits per heavy atom. The molecule has 1 aliphatic rings. The number of halogens is 1. The van der Waals surface area contributed by atoms with Crippen molar-refractivity contribution in [1.29, 1.82) is 0 Å². The number of aromatic nitrogens is 2. The van der Waals surface area contributed by atoms with Gasteiger partial charge < -0.3 is 25.0 Å². The number of rotatable bonds is 8. The SMILES string of the molecule is CCNC(=NCCCN1CCCN(C)CC1)N(C)Cc1ncc(-c2ccccc2)[nH]1.I. The molecular weight excluding hydrogens is 501 g/mol. The normalized spacial score (nSPS) is 15.9. The largest absolute Gasteiger partial charge is 0.357 e. The molecule has 0 atom stereocenters. The maximum Gasteiger partial charge on any atom is 0.194 e. The Morgan fingerprint density at radius 1 is 1.19 bits per heavy atom. The van der Waals surface area contributed by atoms with Crippen molar-refractivity contribution in [3.05, 3.63) is 42.4 Å². The van der Waals surface area contributed by atoms with Crippen LogP contribution in [0.1, 0.15) is 25.6 Å². The van der Waals surface area contributed by atoms with Crippen LogP contribution in [0.15, 0.2) is 41.5 Å². The average molecular weight is 540 g/mol. The van der Waals surface area contributed by atoms with Crippen LogP contribution in [0.3, 0.4) is 0 Å². The molecule has 0 bridgehead atoms. The van der Waals surface area contributed by atoms with Gasteiger partial charge in [-0.05, 0) is 52.0 Å².